The van der Waals surface area contributed by atoms with Crippen LogP contribution in [0.2, 0.25) is 0 Å². The van der Waals surface area contributed by atoms with Crippen LogP contribution >= 0.6 is 0 Å². The average molecular weight is 351 g/mol. The van der Waals surface area contributed by atoms with Gasteiger partial charge in [-0.2, -0.15) is 0 Å². The Hall–Kier alpha value is -3.21. The van der Waals surface area contributed by atoms with Crippen LogP contribution in [-0.4, -0.2) is 33.4 Å². The fraction of sp³-hybridized carbons (Fsp3) is 0.190. The Bertz CT molecular complexity index is 866. The summed E-state index contributed by atoms with van der Waals surface area (Å²) in [5, 5.41) is 0. The summed E-state index contributed by atoms with van der Waals surface area (Å²) < 4.78 is 21.5. The molecule has 26 heavy (non-hydrogen) atoms. The second-order valence-corrected chi connectivity index (χ2v) is 5.60. The van der Waals surface area contributed by atoms with E-state index in [0.29, 0.717) is 17.2 Å². The van der Waals surface area contributed by atoms with E-state index >= 15 is 0 Å². The summed E-state index contributed by atoms with van der Waals surface area (Å²) in [5.74, 6) is 2.61. The summed E-state index contributed by atoms with van der Waals surface area (Å²) in [6, 6.07) is 13.8. The Kier molecular flexibility index (Phi) is 5.27. The van der Waals surface area contributed by atoms with E-state index in [9.17, 15) is 0 Å². The molecule has 0 amide bonds. The molecular formula is C21H21NO4. The number of nitrogens with zero attached hydrogens (tertiary/aromatic N) is 1. The lowest BCUT2D eigenvalue weighted by molar-refractivity contribution is 0.324. The molecule has 3 rings (SSSR count). The maximum atomic E-state index is 5.44. The van der Waals surface area contributed by atoms with E-state index in [4.69, 9.17) is 18.9 Å². The van der Waals surface area contributed by atoms with Crippen LogP contribution in [0.15, 0.2) is 54.9 Å². The van der Waals surface area contributed by atoms with Crippen molar-refractivity contribution >= 4 is 0 Å². The van der Waals surface area contributed by atoms with Gasteiger partial charge < -0.3 is 18.9 Å². The molecule has 0 atom stereocenters. The topological polar surface area (TPSA) is 49.8 Å². The van der Waals surface area contributed by atoms with Gasteiger partial charge in [0.05, 0.1) is 28.4 Å². The average Bonchev–Trinajstić information content (AvgIpc) is 2.72. The summed E-state index contributed by atoms with van der Waals surface area (Å²) >= 11 is 0. The van der Waals surface area contributed by atoms with Crippen LogP contribution in [0.25, 0.3) is 22.3 Å². The second kappa shape index (κ2) is 7.78. The SMILES string of the molecule is COc1ccc(-c2cncc(-c3cc(OC)c(OC)c(OC)c3)c2)cc1. The fourth-order valence-corrected chi connectivity index (χ4v) is 2.79. The van der Waals surface area contributed by atoms with E-state index < -0.39 is 0 Å². The van der Waals surface area contributed by atoms with Gasteiger partial charge in [-0.1, -0.05) is 12.1 Å². The van der Waals surface area contributed by atoms with Crippen LogP contribution < -0.4 is 18.9 Å². The first-order valence-electron chi connectivity index (χ1n) is 8.10. The van der Waals surface area contributed by atoms with E-state index in [0.717, 1.165) is 28.0 Å². The maximum Gasteiger partial charge on any atom is 0.203 e. The van der Waals surface area contributed by atoms with Gasteiger partial charge in [-0.25, -0.2) is 0 Å². The van der Waals surface area contributed by atoms with Crippen molar-refractivity contribution in [1.29, 1.82) is 0 Å². The van der Waals surface area contributed by atoms with Crippen molar-refractivity contribution in [2.75, 3.05) is 28.4 Å². The molecule has 0 bridgehead atoms. The lowest BCUT2D eigenvalue weighted by atomic mass is 10.0. The molecule has 5 nitrogen and oxygen atoms in total. The molecule has 3 aromatic rings. The number of methoxy groups -OCH3 is 4. The molecule has 1 aromatic heterocycles. The van der Waals surface area contributed by atoms with E-state index in [1.54, 1.807) is 28.4 Å². The van der Waals surface area contributed by atoms with Crippen LogP contribution in [0.3, 0.4) is 0 Å². The molecule has 0 aliphatic rings. The van der Waals surface area contributed by atoms with Crippen molar-refractivity contribution in [2.24, 2.45) is 0 Å². The molecule has 0 saturated heterocycles. The number of ether oxygens (including phenoxy) is 4. The van der Waals surface area contributed by atoms with Gasteiger partial charge in [-0.3, -0.25) is 4.98 Å². The molecule has 2 aromatic carbocycles. The highest BCUT2D eigenvalue weighted by atomic mass is 16.5. The Labute approximate surface area is 153 Å². The summed E-state index contributed by atoms with van der Waals surface area (Å²) in [6.07, 6.45) is 3.65. The first kappa shape index (κ1) is 17.6. The van der Waals surface area contributed by atoms with Gasteiger partial charge in [0.2, 0.25) is 5.75 Å². The molecule has 0 radical (unpaired) electrons. The minimum atomic E-state index is 0.568. The number of benzene rings is 2. The first-order valence-corrected chi connectivity index (χ1v) is 8.10. The Morgan fingerprint density at radius 3 is 1.65 bits per heavy atom. The van der Waals surface area contributed by atoms with Gasteiger partial charge >= 0.3 is 0 Å². The van der Waals surface area contributed by atoms with Crippen LogP contribution in [-0.2, 0) is 0 Å². The van der Waals surface area contributed by atoms with E-state index in [2.05, 4.69) is 11.1 Å². The zero-order valence-corrected chi connectivity index (χ0v) is 15.3. The number of hydrogen-bond acceptors (Lipinski definition) is 5. The number of aromatic nitrogens is 1. The molecule has 0 aliphatic carbocycles. The van der Waals surface area contributed by atoms with Gasteiger partial charge in [0.1, 0.15) is 5.75 Å². The molecule has 1 heterocycles. The van der Waals surface area contributed by atoms with Crippen LogP contribution in [0.1, 0.15) is 0 Å². The molecule has 0 unspecified atom stereocenters. The Morgan fingerprint density at radius 1 is 0.577 bits per heavy atom. The smallest absolute Gasteiger partial charge is 0.203 e. The third-order valence-corrected chi connectivity index (χ3v) is 4.16. The van der Waals surface area contributed by atoms with Crippen molar-refractivity contribution < 1.29 is 18.9 Å². The first-order chi connectivity index (χ1) is 12.7. The van der Waals surface area contributed by atoms with Gasteiger partial charge in [0, 0.05) is 23.5 Å². The Balaban J connectivity index is 2.04. The minimum Gasteiger partial charge on any atom is -0.497 e. The van der Waals surface area contributed by atoms with Crippen molar-refractivity contribution in [1.82, 2.24) is 4.98 Å². The second-order valence-electron chi connectivity index (χ2n) is 5.60. The van der Waals surface area contributed by atoms with E-state index in [1.807, 2.05) is 48.8 Å². The largest absolute Gasteiger partial charge is 0.497 e. The normalized spacial score (nSPS) is 10.3. The summed E-state index contributed by atoms with van der Waals surface area (Å²) in [5.41, 5.74) is 3.96. The zero-order chi connectivity index (χ0) is 18.5. The van der Waals surface area contributed by atoms with Crippen LogP contribution in [0.4, 0.5) is 0 Å². The Morgan fingerprint density at radius 2 is 1.15 bits per heavy atom. The van der Waals surface area contributed by atoms with Gasteiger partial charge in [-0.15, -0.1) is 0 Å². The minimum absolute atomic E-state index is 0.568. The predicted molar refractivity (Wildman–Crippen MR) is 101 cm³/mol. The lowest BCUT2D eigenvalue weighted by Gasteiger charge is -2.14. The number of rotatable bonds is 6. The van der Waals surface area contributed by atoms with Gasteiger partial charge in [-0.05, 0) is 41.5 Å². The number of pyridine rings is 1. The highest BCUT2D eigenvalue weighted by molar-refractivity contribution is 5.75. The summed E-state index contributed by atoms with van der Waals surface area (Å²) in [6.45, 7) is 0. The maximum absolute atomic E-state index is 5.44. The highest BCUT2D eigenvalue weighted by Gasteiger charge is 2.14. The monoisotopic (exact) mass is 351 g/mol. The molecule has 5 heteroatoms. The fourth-order valence-electron chi connectivity index (χ4n) is 2.79. The quantitative estimate of drug-likeness (QED) is 0.657. The predicted octanol–water partition coefficient (Wildman–Crippen LogP) is 4.45. The molecule has 134 valence electrons. The third kappa shape index (κ3) is 3.42. The van der Waals surface area contributed by atoms with Crippen LogP contribution in [0.5, 0.6) is 23.0 Å². The molecule has 0 saturated carbocycles. The van der Waals surface area contributed by atoms with Crippen molar-refractivity contribution in [2.45, 2.75) is 0 Å². The molecule has 0 spiro atoms. The van der Waals surface area contributed by atoms with Gasteiger partial charge in [0.25, 0.3) is 0 Å². The summed E-state index contributed by atoms with van der Waals surface area (Å²) in [4.78, 5) is 4.39. The van der Waals surface area contributed by atoms with Crippen molar-refractivity contribution in [3.8, 4) is 45.3 Å². The molecule has 0 aliphatic heterocycles. The zero-order valence-electron chi connectivity index (χ0n) is 15.3. The number of hydrogen-bond donors (Lipinski definition) is 0. The van der Waals surface area contributed by atoms with E-state index in [-0.39, 0.29) is 0 Å². The van der Waals surface area contributed by atoms with Crippen molar-refractivity contribution in [3.05, 3.63) is 54.9 Å². The summed E-state index contributed by atoms with van der Waals surface area (Å²) in [7, 11) is 6.45. The standard InChI is InChI=1S/C21H21NO4/c1-23-18-7-5-14(6-8-18)16-9-17(13-22-12-16)15-10-19(24-2)21(26-4)20(11-15)25-3/h5-13H,1-4H3. The third-order valence-electron chi connectivity index (χ3n) is 4.16. The van der Waals surface area contributed by atoms with Crippen molar-refractivity contribution in [3.63, 3.8) is 0 Å². The molecule has 0 fully saturated rings. The highest BCUT2D eigenvalue weighted by Crippen LogP contribution is 2.41. The van der Waals surface area contributed by atoms with Crippen LogP contribution in [0, 0.1) is 0 Å². The van der Waals surface area contributed by atoms with E-state index in [1.165, 1.54) is 0 Å². The molecule has 0 N–H and O–H groups in total. The molecular weight excluding hydrogens is 330 g/mol. The lowest BCUT2D eigenvalue weighted by Crippen LogP contribution is -1.96. The van der Waals surface area contributed by atoms with Gasteiger partial charge in [0.15, 0.2) is 11.5 Å².